The first-order chi connectivity index (χ1) is 30.9. The molecule has 0 aromatic heterocycles. The normalized spacial score (nSPS) is 13.7. The Labute approximate surface area is 427 Å². The van der Waals surface area contributed by atoms with Gasteiger partial charge in [0, 0.05) is 0 Å². The Balaban J connectivity index is 0.000000239. The van der Waals surface area contributed by atoms with Gasteiger partial charge in [-0.25, -0.2) is 6.08 Å². The molecule has 68 heavy (non-hydrogen) atoms. The van der Waals surface area contributed by atoms with E-state index < -0.39 is 23.5 Å². The van der Waals surface area contributed by atoms with Crippen LogP contribution in [0.5, 0.6) is 0 Å². The second kappa shape index (κ2) is 23.1. The molecular weight excluding hydrogens is 985 g/mol. The Bertz CT molecular complexity index is 2580. The van der Waals surface area contributed by atoms with E-state index in [1.54, 1.807) is 0 Å². The van der Waals surface area contributed by atoms with Crippen LogP contribution in [0.3, 0.4) is 0 Å². The third-order valence-electron chi connectivity index (χ3n) is 12.3. The molecule has 0 saturated carbocycles. The van der Waals surface area contributed by atoms with Crippen molar-refractivity contribution in [2.75, 3.05) is 0 Å². The van der Waals surface area contributed by atoms with Crippen molar-refractivity contribution in [1.82, 2.24) is 0 Å². The molecule has 0 aliphatic heterocycles. The summed E-state index contributed by atoms with van der Waals surface area (Å²) in [5.41, 5.74) is 20.1. The molecule has 1 atom stereocenters. The van der Waals surface area contributed by atoms with E-state index >= 15 is 0 Å². The number of aryl methyl sites for hydroxylation is 6. The summed E-state index contributed by atoms with van der Waals surface area (Å²) in [4.78, 5) is 0. The summed E-state index contributed by atoms with van der Waals surface area (Å²) in [5, 5.41) is 0. The number of halogens is 8. The molecule has 2 aliphatic carbocycles. The third kappa shape index (κ3) is 13.7. The summed E-state index contributed by atoms with van der Waals surface area (Å²) in [6.45, 7) is 22.3. The standard InChI is InChI=1S/C31H29.C15H8F6.C13H21.2ClH.Zr/c1-18-11-20(3)30(21(4)12-18)24-7-9-28-26(15-24)17-27-16-25(8-10-29(27)28)31-22(5)13-19(2)14-23(31)6;16-14(17,18)12-5-1-10(2-6-12)9-11-3-7-13(8-4-11)15(19,20)21;1-5-6-7-11-8-9-12(10-11)13(2,3)4;;;/h7-15H,17H2,1-6H3;1-8H;9-11H,5-7H2,1-4H3;2*1H;/q-1;;-1;;;+2/p-2. The molecule has 0 bridgehead atoms. The molecule has 0 fully saturated rings. The first kappa shape index (κ1) is 56.3. The van der Waals surface area contributed by atoms with Gasteiger partial charge < -0.3 is 24.8 Å². The van der Waals surface area contributed by atoms with E-state index in [1.165, 1.54) is 127 Å². The van der Waals surface area contributed by atoms with Crippen LogP contribution in [0.25, 0.3) is 33.4 Å². The number of alkyl halides is 6. The summed E-state index contributed by atoms with van der Waals surface area (Å²) in [6.07, 6.45) is 4.02. The molecule has 356 valence electrons. The van der Waals surface area contributed by atoms with E-state index in [-0.39, 0.29) is 24.8 Å². The second-order valence-corrected chi connectivity index (χ2v) is 20.0. The third-order valence-corrected chi connectivity index (χ3v) is 13.7. The van der Waals surface area contributed by atoms with Crippen LogP contribution in [0.1, 0.15) is 114 Å². The van der Waals surface area contributed by atoms with Gasteiger partial charge in [-0.2, -0.15) is 11.6 Å². The number of fused-ring (bicyclic) bond motifs is 3. The fourth-order valence-corrected chi connectivity index (χ4v) is 9.87. The molecule has 0 spiro atoms. The summed E-state index contributed by atoms with van der Waals surface area (Å²) >= 11 is 0.898. The minimum Gasteiger partial charge on any atom is -1.00 e. The molecule has 1 unspecified atom stereocenters. The summed E-state index contributed by atoms with van der Waals surface area (Å²) in [5.74, 6) is 0.592. The molecule has 0 heterocycles. The van der Waals surface area contributed by atoms with Crippen LogP contribution in [0, 0.1) is 65.0 Å². The van der Waals surface area contributed by atoms with Crippen LogP contribution in [0.4, 0.5) is 26.3 Å². The number of allylic oxidation sites excluding steroid dienone is 4. The Kier molecular flexibility index (Phi) is 19.1. The van der Waals surface area contributed by atoms with Gasteiger partial charge in [0.15, 0.2) is 0 Å². The van der Waals surface area contributed by atoms with Crippen molar-refractivity contribution in [2.24, 2.45) is 11.3 Å². The van der Waals surface area contributed by atoms with Gasteiger partial charge in [-0.05, 0) is 75.8 Å². The predicted molar refractivity (Wildman–Crippen MR) is 257 cm³/mol. The van der Waals surface area contributed by atoms with Gasteiger partial charge in [-0.3, -0.25) is 6.08 Å². The van der Waals surface area contributed by atoms with Crippen molar-refractivity contribution in [3.63, 3.8) is 0 Å². The maximum atomic E-state index is 12.5. The Hall–Kier alpha value is -4.29. The van der Waals surface area contributed by atoms with Crippen molar-refractivity contribution in [2.45, 2.75) is 107 Å². The van der Waals surface area contributed by atoms with Gasteiger partial charge in [-0.1, -0.05) is 140 Å². The van der Waals surface area contributed by atoms with E-state index in [9.17, 15) is 26.3 Å². The fourth-order valence-electron chi connectivity index (χ4n) is 9.05. The minimum atomic E-state index is -4.41. The van der Waals surface area contributed by atoms with Gasteiger partial charge in [0.1, 0.15) is 0 Å². The van der Waals surface area contributed by atoms with Gasteiger partial charge in [0.05, 0.1) is 0 Å². The van der Waals surface area contributed by atoms with E-state index in [2.05, 4.69) is 148 Å². The Morgan fingerprint density at radius 3 is 1.53 bits per heavy atom. The van der Waals surface area contributed by atoms with Crippen LogP contribution in [-0.2, 0) is 43.0 Å². The second-order valence-electron chi connectivity index (χ2n) is 18.8. The molecule has 0 nitrogen and oxygen atoms in total. The van der Waals surface area contributed by atoms with E-state index in [4.69, 9.17) is 0 Å². The van der Waals surface area contributed by atoms with Crippen LogP contribution in [-0.4, -0.2) is 3.21 Å². The van der Waals surface area contributed by atoms with E-state index in [0.717, 1.165) is 54.9 Å². The molecule has 2 aliphatic rings. The SMILES string of the molecule is CCCCC1[C-]=CC(C(C)(C)C)=C1.Cc1cc(C)c(-c2[c-]c3c(cc2)-c2ccc(-c4c(C)cc(C)cc4C)cc2C3)c(C)c1.FC(F)(F)c1ccc([C](=[Zr+2])c2ccc(C(F)(F)F)cc2)cc1.[Cl-].[Cl-]. The van der Waals surface area contributed by atoms with Crippen molar-refractivity contribution < 1.29 is 75.4 Å². The topological polar surface area (TPSA) is 0 Å². The van der Waals surface area contributed by atoms with E-state index in [0.29, 0.717) is 25.7 Å². The van der Waals surface area contributed by atoms with Crippen LogP contribution < -0.4 is 24.8 Å². The maximum absolute atomic E-state index is 12.5. The molecule has 0 N–H and O–H groups in total. The minimum absolute atomic E-state index is 0. The molecular formula is C59H58Cl2F6Zr-2. The Morgan fingerprint density at radius 1 is 0.618 bits per heavy atom. The average molecular weight is 1040 g/mol. The van der Waals surface area contributed by atoms with Crippen molar-refractivity contribution in [1.29, 1.82) is 0 Å². The van der Waals surface area contributed by atoms with Crippen molar-refractivity contribution >= 4 is 3.21 Å². The van der Waals surface area contributed by atoms with Gasteiger partial charge >= 0.3 is 137 Å². The summed E-state index contributed by atoms with van der Waals surface area (Å²) in [7, 11) is 0. The smallest absolute Gasteiger partial charge is 1.00 e. The van der Waals surface area contributed by atoms with Crippen molar-refractivity contribution in [3.8, 4) is 33.4 Å². The molecule has 0 saturated heterocycles. The fraction of sp³-hybridized carbons (Fsp3) is 0.305. The zero-order chi connectivity index (χ0) is 48.3. The van der Waals surface area contributed by atoms with Gasteiger partial charge in [-0.15, -0.1) is 29.3 Å². The van der Waals surface area contributed by atoms with E-state index in [1.807, 2.05) is 0 Å². The van der Waals surface area contributed by atoms with Crippen LogP contribution >= 0.6 is 0 Å². The molecule has 0 amide bonds. The molecule has 6 aromatic carbocycles. The summed E-state index contributed by atoms with van der Waals surface area (Å²) in [6, 6.07) is 33.6. The molecule has 8 rings (SSSR count). The number of hydrogen-bond acceptors (Lipinski definition) is 0. The van der Waals surface area contributed by atoms with Crippen LogP contribution in [0.2, 0.25) is 0 Å². The predicted octanol–water partition coefficient (Wildman–Crippen LogP) is 11.2. The zero-order valence-corrected chi connectivity index (χ0v) is 44.4. The monoisotopic (exact) mass is 1040 g/mol. The Morgan fingerprint density at radius 2 is 1.09 bits per heavy atom. The van der Waals surface area contributed by atoms with Gasteiger partial charge in [0.25, 0.3) is 0 Å². The zero-order valence-electron chi connectivity index (χ0n) is 40.4. The van der Waals surface area contributed by atoms with Crippen LogP contribution in [0.15, 0.2) is 121 Å². The molecule has 9 heteroatoms. The molecule has 0 radical (unpaired) electrons. The number of hydrogen-bond donors (Lipinski definition) is 0. The molecule has 6 aromatic rings. The quantitative estimate of drug-likeness (QED) is 0.110. The number of rotatable bonds is 7. The first-order valence-corrected chi connectivity index (χ1v) is 23.8. The van der Waals surface area contributed by atoms with Crippen molar-refractivity contribution in [3.05, 3.63) is 200 Å². The number of unbranched alkanes of at least 4 members (excludes halogenated alkanes) is 1. The largest absolute Gasteiger partial charge is 1.00 e. The maximum Gasteiger partial charge on any atom is -1.00 e. The van der Waals surface area contributed by atoms with Gasteiger partial charge in [0.2, 0.25) is 0 Å². The average Bonchev–Trinajstić information content (AvgIpc) is 3.87. The first-order valence-electron chi connectivity index (χ1n) is 22.5. The summed E-state index contributed by atoms with van der Waals surface area (Å²) < 4.78 is 75.6. The number of benzene rings is 6.